The number of pyridine rings is 1. The second-order valence-corrected chi connectivity index (χ2v) is 6.17. The summed E-state index contributed by atoms with van der Waals surface area (Å²) in [6, 6.07) is 9.31. The minimum atomic E-state index is -0.103. The molecule has 94 valence electrons. The molecule has 2 aromatic heterocycles. The first-order chi connectivity index (χ1) is 8.47. The average Bonchev–Trinajstić information content (AvgIpc) is 2.79. The van der Waals surface area contributed by atoms with E-state index in [0.29, 0.717) is 10.7 Å². The lowest BCUT2D eigenvalue weighted by Crippen LogP contribution is -2.11. The van der Waals surface area contributed by atoms with Gasteiger partial charge in [0.25, 0.3) is 5.91 Å². The lowest BCUT2D eigenvalue weighted by Gasteiger charge is -2.15. The molecule has 0 aliphatic heterocycles. The zero-order valence-corrected chi connectivity index (χ0v) is 11.5. The van der Waals surface area contributed by atoms with Gasteiger partial charge in [-0.25, -0.2) is 4.98 Å². The molecular formula is C14H16N2OS. The van der Waals surface area contributed by atoms with Gasteiger partial charge in [-0.05, 0) is 29.7 Å². The van der Waals surface area contributed by atoms with Crippen LogP contribution in [0.15, 0.2) is 36.5 Å². The highest BCUT2D eigenvalue weighted by molar-refractivity contribution is 7.14. The molecular weight excluding hydrogens is 244 g/mol. The Morgan fingerprint density at radius 2 is 2.00 bits per heavy atom. The quantitative estimate of drug-likeness (QED) is 0.894. The summed E-state index contributed by atoms with van der Waals surface area (Å²) in [6.07, 6.45) is 1.66. The lowest BCUT2D eigenvalue weighted by atomic mass is 9.95. The number of hydrogen-bond acceptors (Lipinski definition) is 3. The van der Waals surface area contributed by atoms with Crippen molar-refractivity contribution in [2.75, 3.05) is 5.32 Å². The summed E-state index contributed by atoms with van der Waals surface area (Å²) in [4.78, 5) is 18.0. The highest BCUT2D eigenvalue weighted by Gasteiger charge is 2.18. The highest BCUT2D eigenvalue weighted by Crippen LogP contribution is 2.29. The van der Waals surface area contributed by atoms with Gasteiger partial charge in [0.15, 0.2) is 0 Å². The van der Waals surface area contributed by atoms with Crippen LogP contribution in [0.3, 0.4) is 0 Å². The van der Waals surface area contributed by atoms with Crippen LogP contribution >= 0.6 is 11.3 Å². The van der Waals surface area contributed by atoms with Crippen molar-refractivity contribution in [3.05, 3.63) is 46.3 Å². The summed E-state index contributed by atoms with van der Waals surface area (Å²) >= 11 is 1.53. The molecule has 0 radical (unpaired) electrons. The van der Waals surface area contributed by atoms with Gasteiger partial charge in [0.1, 0.15) is 5.82 Å². The first kappa shape index (κ1) is 12.8. The first-order valence-corrected chi connectivity index (χ1v) is 6.61. The Balaban J connectivity index is 2.13. The minimum absolute atomic E-state index is 0.0776. The molecule has 0 bridgehead atoms. The van der Waals surface area contributed by atoms with Gasteiger partial charge in [-0.15, -0.1) is 11.3 Å². The van der Waals surface area contributed by atoms with E-state index in [1.54, 1.807) is 12.3 Å². The number of hydrogen-bond donors (Lipinski definition) is 1. The third kappa shape index (κ3) is 2.96. The fourth-order valence-electron chi connectivity index (χ4n) is 1.48. The molecule has 2 heterocycles. The van der Waals surface area contributed by atoms with Gasteiger partial charge in [-0.1, -0.05) is 26.8 Å². The van der Waals surface area contributed by atoms with Crippen LogP contribution in [0.4, 0.5) is 5.82 Å². The largest absolute Gasteiger partial charge is 0.306 e. The van der Waals surface area contributed by atoms with Crippen LogP contribution in [0.1, 0.15) is 35.3 Å². The SMILES string of the molecule is CC(C)(C)c1ccc(C(=O)Nc2ccccn2)s1. The van der Waals surface area contributed by atoms with Crippen molar-refractivity contribution in [3.63, 3.8) is 0 Å². The maximum Gasteiger partial charge on any atom is 0.266 e. The topological polar surface area (TPSA) is 42.0 Å². The number of nitrogens with zero attached hydrogens (tertiary/aromatic N) is 1. The van der Waals surface area contributed by atoms with E-state index >= 15 is 0 Å². The van der Waals surface area contributed by atoms with Gasteiger partial charge in [-0.2, -0.15) is 0 Å². The van der Waals surface area contributed by atoms with Crippen LogP contribution in [-0.2, 0) is 5.41 Å². The Bertz CT molecular complexity index is 540. The number of carbonyl (C=O) groups excluding carboxylic acids is 1. The van der Waals surface area contributed by atoms with Crippen LogP contribution in [0.25, 0.3) is 0 Å². The van der Waals surface area contributed by atoms with Crippen LogP contribution in [-0.4, -0.2) is 10.9 Å². The summed E-state index contributed by atoms with van der Waals surface area (Å²) in [6.45, 7) is 6.41. The second kappa shape index (κ2) is 4.90. The predicted molar refractivity (Wildman–Crippen MR) is 75.2 cm³/mol. The Morgan fingerprint density at radius 1 is 1.22 bits per heavy atom. The van der Waals surface area contributed by atoms with Gasteiger partial charge in [0.05, 0.1) is 4.88 Å². The number of carbonyl (C=O) groups is 1. The van der Waals surface area contributed by atoms with E-state index in [2.05, 4.69) is 31.1 Å². The Kier molecular flexibility index (Phi) is 3.48. The number of anilines is 1. The van der Waals surface area contributed by atoms with E-state index in [1.807, 2.05) is 24.3 Å². The lowest BCUT2D eigenvalue weighted by molar-refractivity contribution is 0.103. The van der Waals surface area contributed by atoms with Gasteiger partial charge < -0.3 is 5.32 Å². The van der Waals surface area contributed by atoms with Crippen LogP contribution in [0.5, 0.6) is 0 Å². The van der Waals surface area contributed by atoms with Crippen molar-refractivity contribution < 1.29 is 4.79 Å². The molecule has 0 aliphatic rings. The molecule has 0 fully saturated rings. The van der Waals surface area contributed by atoms with Crippen molar-refractivity contribution in [2.24, 2.45) is 0 Å². The molecule has 3 nitrogen and oxygen atoms in total. The second-order valence-electron chi connectivity index (χ2n) is 5.08. The molecule has 0 saturated carbocycles. The molecule has 0 unspecified atom stereocenters. The maximum atomic E-state index is 12.0. The molecule has 0 atom stereocenters. The number of nitrogens with one attached hydrogen (secondary N) is 1. The summed E-state index contributed by atoms with van der Waals surface area (Å²) in [5.41, 5.74) is 0.0776. The van der Waals surface area contributed by atoms with E-state index in [-0.39, 0.29) is 11.3 Å². The molecule has 0 aliphatic carbocycles. The molecule has 2 aromatic rings. The van der Waals surface area contributed by atoms with Gasteiger partial charge in [0, 0.05) is 11.1 Å². The monoisotopic (exact) mass is 260 g/mol. The molecule has 0 aromatic carbocycles. The van der Waals surface area contributed by atoms with E-state index in [1.165, 1.54) is 16.2 Å². The standard InChI is InChI=1S/C14H16N2OS/c1-14(2,3)11-8-7-10(18-11)13(17)16-12-6-4-5-9-15-12/h4-9H,1-3H3,(H,15,16,17). The van der Waals surface area contributed by atoms with Crippen LogP contribution in [0.2, 0.25) is 0 Å². The number of aromatic nitrogens is 1. The highest BCUT2D eigenvalue weighted by atomic mass is 32.1. The van der Waals surface area contributed by atoms with Gasteiger partial charge in [0.2, 0.25) is 0 Å². The van der Waals surface area contributed by atoms with Crippen molar-refractivity contribution in [1.29, 1.82) is 0 Å². The molecule has 18 heavy (non-hydrogen) atoms. The Hall–Kier alpha value is -1.68. The summed E-state index contributed by atoms with van der Waals surface area (Å²) in [7, 11) is 0. The molecule has 2 rings (SSSR count). The number of rotatable bonds is 2. The molecule has 1 N–H and O–H groups in total. The Morgan fingerprint density at radius 3 is 2.56 bits per heavy atom. The number of thiophene rings is 1. The van der Waals surface area contributed by atoms with Crippen molar-refractivity contribution in [3.8, 4) is 0 Å². The van der Waals surface area contributed by atoms with Crippen molar-refractivity contribution >= 4 is 23.1 Å². The Labute approximate surface area is 111 Å². The molecule has 4 heteroatoms. The molecule has 0 spiro atoms. The van der Waals surface area contributed by atoms with E-state index in [4.69, 9.17) is 0 Å². The van der Waals surface area contributed by atoms with E-state index in [0.717, 1.165) is 0 Å². The average molecular weight is 260 g/mol. The van der Waals surface area contributed by atoms with Crippen LogP contribution in [0, 0.1) is 0 Å². The summed E-state index contributed by atoms with van der Waals surface area (Å²) in [5, 5.41) is 2.78. The summed E-state index contributed by atoms with van der Waals surface area (Å²) in [5.74, 6) is 0.474. The predicted octanol–water partition coefficient (Wildman–Crippen LogP) is 3.69. The number of amides is 1. The molecule has 0 saturated heterocycles. The fraction of sp³-hybridized carbons (Fsp3) is 0.286. The molecule has 1 amide bonds. The van der Waals surface area contributed by atoms with E-state index in [9.17, 15) is 4.79 Å². The fourth-order valence-corrected chi connectivity index (χ4v) is 2.44. The maximum absolute atomic E-state index is 12.0. The van der Waals surface area contributed by atoms with Gasteiger partial charge in [-0.3, -0.25) is 4.79 Å². The van der Waals surface area contributed by atoms with E-state index < -0.39 is 0 Å². The normalized spacial score (nSPS) is 11.3. The van der Waals surface area contributed by atoms with Gasteiger partial charge >= 0.3 is 0 Å². The first-order valence-electron chi connectivity index (χ1n) is 5.79. The third-order valence-corrected chi connectivity index (χ3v) is 3.99. The summed E-state index contributed by atoms with van der Waals surface area (Å²) < 4.78 is 0. The zero-order valence-electron chi connectivity index (χ0n) is 10.7. The van der Waals surface area contributed by atoms with Crippen molar-refractivity contribution in [2.45, 2.75) is 26.2 Å². The smallest absolute Gasteiger partial charge is 0.266 e. The van der Waals surface area contributed by atoms with Crippen molar-refractivity contribution in [1.82, 2.24) is 4.98 Å². The third-order valence-electron chi connectivity index (χ3n) is 2.48. The minimum Gasteiger partial charge on any atom is -0.306 e. The zero-order chi connectivity index (χ0) is 13.2. The van der Waals surface area contributed by atoms with Crippen LogP contribution < -0.4 is 5.32 Å².